The zero-order chi connectivity index (χ0) is 29.9. The van der Waals surface area contributed by atoms with Gasteiger partial charge in [0.15, 0.2) is 0 Å². The van der Waals surface area contributed by atoms with E-state index in [-0.39, 0.29) is 54.9 Å². The lowest BCUT2D eigenvalue weighted by molar-refractivity contribution is 0.0683. The summed E-state index contributed by atoms with van der Waals surface area (Å²) in [7, 11) is -4.03. The topological polar surface area (TPSA) is 207 Å². The highest BCUT2D eigenvalue weighted by atomic mass is 32.2. The average molecular weight is 577 g/mol. The van der Waals surface area contributed by atoms with Gasteiger partial charge in [-0.15, -0.1) is 0 Å². The minimum absolute atomic E-state index is 0.123. The number of anilines is 2. The van der Waals surface area contributed by atoms with Gasteiger partial charge in [-0.3, -0.25) is 9.59 Å². The van der Waals surface area contributed by atoms with Gasteiger partial charge in [0.2, 0.25) is 9.84 Å². The highest BCUT2D eigenvalue weighted by Gasteiger charge is 2.21. The first-order valence-corrected chi connectivity index (χ1v) is 13.1. The molecule has 0 heterocycles. The van der Waals surface area contributed by atoms with E-state index in [1.807, 2.05) is 0 Å². The number of phenolic OH excluding ortho intramolecular Hbond substituents is 2. The molecule has 0 unspecified atom stereocenters. The zero-order valence-electron chi connectivity index (χ0n) is 20.7. The monoisotopic (exact) mass is 576 g/mol. The fourth-order valence-electron chi connectivity index (χ4n) is 3.78. The summed E-state index contributed by atoms with van der Waals surface area (Å²) in [6.07, 6.45) is 0. The second-order valence-corrected chi connectivity index (χ2v) is 10.5. The lowest BCUT2D eigenvalue weighted by Crippen LogP contribution is -2.16. The number of hydrogen-bond acceptors (Lipinski definition) is 8. The van der Waals surface area contributed by atoms with Crippen LogP contribution in [0.4, 0.5) is 11.4 Å². The van der Waals surface area contributed by atoms with Gasteiger partial charge in [0, 0.05) is 11.4 Å². The quantitative estimate of drug-likeness (QED) is 0.179. The second kappa shape index (κ2) is 11.2. The largest absolute Gasteiger partial charge is 0.508 e. The van der Waals surface area contributed by atoms with Gasteiger partial charge in [-0.1, -0.05) is 0 Å². The third-order valence-corrected chi connectivity index (χ3v) is 7.59. The van der Waals surface area contributed by atoms with E-state index >= 15 is 0 Å². The zero-order valence-corrected chi connectivity index (χ0v) is 21.5. The van der Waals surface area contributed by atoms with E-state index in [4.69, 9.17) is 0 Å². The van der Waals surface area contributed by atoms with Crippen LogP contribution in [0.2, 0.25) is 0 Å². The maximum Gasteiger partial charge on any atom is 0.336 e. The number of carbonyl (C=O) groups is 4. The predicted molar refractivity (Wildman–Crippen MR) is 144 cm³/mol. The van der Waals surface area contributed by atoms with Gasteiger partial charge >= 0.3 is 11.9 Å². The van der Waals surface area contributed by atoms with Crippen LogP contribution in [0.1, 0.15) is 41.4 Å². The molecular formula is C28H20N2O10S. The van der Waals surface area contributed by atoms with E-state index in [2.05, 4.69) is 10.6 Å². The number of carboxylic acids is 2. The Hall–Kier alpha value is -5.69. The summed E-state index contributed by atoms with van der Waals surface area (Å²) in [5.41, 5.74) is -0.903. The Balaban J connectivity index is 1.49. The molecule has 0 aromatic heterocycles. The van der Waals surface area contributed by atoms with E-state index in [9.17, 15) is 48.0 Å². The predicted octanol–water partition coefficient (Wildman–Crippen LogP) is 3.83. The van der Waals surface area contributed by atoms with Crippen LogP contribution < -0.4 is 10.6 Å². The molecule has 4 rings (SSSR count). The molecule has 0 fully saturated rings. The summed E-state index contributed by atoms with van der Waals surface area (Å²) in [4.78, 5) is 47.7. The van der Waals surface area contributed by atoms with Gasteiger partial charge in [0.05, 0.1) is 32.0 Å². The van der Waals surface area contributed by atoms with Crippen LogP contribution in [0.5, 0.6) is 11.5 Å². The van der Waals surface area contributed by atoms with Crippen molar-refractivity contribution in [1.82, 2.24) is 0 Å². The molecule has 0 saturated carbocycles. The molecule has 0 aliphatic heterocycles. The minimum Gasteiger partial charge on any atom is -0.508 e. The SMILES string of the molecule is O=C(O)c1ccc(O)cc1C(=O)Nc1ccc(S(=O)(=O)c2ccc(NC(=O)c3cc(O)ccc3C(=O)O)cc2)cc1. The lowest BCUT2D eigenvalue weighted by Gasteiger charge is -2.11. The van der Waals surface area contributed by atoms with Crippen molar-refractivity contribution in [2.75, 3.05) is 10.6 Å². The summed E-state index contributed by atoms with van der Waals surface area (Å²) in [6, 6.07) is 16.6. The van der Waals surface area contributed by atoms with Crippen LogP contribution in [-0.2, 0) is 9.84 Å². The van der Waals surface area contributed by atoms with Crippen molar-refractivity contribution in [3.05, 3.63) is 107 Å². The molecule has 0 atom stereocenters. The van der Waals surface area contributed by atoms with Crippen molar-refractivity contribution in [3.63, 3.8) is 0 Å². The van der Waals surface area contributed by atoms with Crippen molar-refractivity contribution >= 4 is 45.0 Å². The van der Waals surface area contributed by atoms with E-state index in [0.29, 0.717) is 0 Å². The third-order valence-electron chi connectivity index (χ3n) is 5.80. The van der Waals surface area contributed by atoms with Gasteiger partial charge in [-0.05, 0) is 84.9 Å². The van der Waals surface area contributed by atoms with Gasteiger partial charge in [-0.2, -0.15) is 0 Å². The number of hydrogen-bond donors (Lipinski definition) is 6. The van der Waals surface area contributed by atoms with Crippen molar-refractivity contribution in [3.8, 4) is 11.5 Å². The Kier molecular flexibility index (Phi) is 7.73. The number of aromatic hydroxyl groups is 2. The van der Waals surface area contributed by atoms with Crippen LogP contribution in [0, 0.1) is 0 Å². The van der Waals surface area contributed by atoms with Crippen molar-refractivity contribution in [2.45, 2.75) is 9.79 Å². The number of aromatic carboxylic acids is 2. The van der Waals surface area contributed by atoms with E-state index < -0.39 is 33.6 Å². The minimum atomic E-state index is -4.03. The molecule has 4 aromatic carbocycles. The first-order chi connectivity index (χ1) is 19.4. The normalized spacial score (nSPS) is 10.9. The summed E-state index contributed by atoms with van der Waals surface area (Å²) >= 11 is 0. The summed E-state index contributed by atoms with van der Waals surface area (Å²) in [5.74, 6) is -5.01. The van der Waals surface area contributed by atoms with Crippen molar-refractivity contribution in [2.24, 2.45) is 0 Å². The Labute approximate surface area is 232 Å². The number of amides is 2. The van der Waals surface area contributed by atoms with Crippen LogP contribution >= 0.6 is 0 Å². The lowest BCUT2D eigenvalue weighted by atomic mass is 10.1. The summed E-state index contributed by atoms with van der Waals surface area (Å²) < 4.78 is 26.2. The first-order valence-electron chi connectivity index (χ1n) is 11.6. The van der Waals surface area contributed by atoms with Crippen LogP contribution in [0.25, 0.3) is 0 Å². The molecule has 41 heavy (non-hydrogen) atoms. The van der Waals surface area contributed by atoms with Gasteiger partial charge in [-0.25, -0.2) is 18.0 Å². The van der Waals surface area contributed by atoms with E-state index in [1.165, 1.54) is 48.5 Å². The van der Waals surface area contributed by atoms with E-state index in [1.54, 1.807) is 0 Å². The molecule has 13 heteroatoms. The first kappa shape index (κ1) is 28.3. The van der Waals surface area contributed by atoms with Gasteiger partial charge in [0.25, 0.3) is 11.8 Å². The molecule has 0 bridgehead atoms. The van der Waals surface area contributed by atoms with E-state index in [0.717, 1.165) is 36.4 Å². The maximum atomic E-state index is 13.1. The molecule has 0 aliphatic carbocycles. The molecule has 2 amide bonds. The van der Waals surface area contributed by atoms with Gasteiger partial charge in [0.1, 0.15) is 11.5 Å². The fourth-order valence-corrected chi connectivity index (χ4v) is 5.04. The number of sulfone groups is 1. The number of phenols is 2. The van der Waals surface area contributed by atoms with Gasteiger partial charge < -0.3 is 31.1 Å². The molecule has 208 valence electrons. The van der Waals surface area contributed by atoms with Crippen molar-refractivity contribution < 1.29 is 48.0 Å². The molecule has 0 spiro atoms. The number of carbonyl (C=O) groups excluding carboxylic acids is 2. The maximum absolute atomic E-state index is 13.1. The fraction of sp³-hybridized carbons (Fsp3) is 0. The summed E-state index contributed by atoms with van der Waals surface area (Å²) in [6.45, 7) is 0. The smallest absolute Gasteiger partial charge is 0.336 e. The molecule has 0 saturated heterocycles. The number of carboxylic acid groups (broad SMARTS) is 2. The highest BCUT2D eigenvalue weighted by Crippen LogP contribution is 2.25. The van der Waals surface area contributed by atoms with Crippen molar-refractivity contribution in [1.29, 1.82) is 0 Å². The molecule has 0 aliphatic rings. The number of benzene rings is 4. The molecule has 6 N–H and O–H groups in total. The number of rotatable bonds is 8. The Morgan fingerprint density at radius 3 is 1.17 bits per heavy atom. The molecule has 12 nitrogen and oxygen atoms in total. The highest BCUT2D eigenvalue weighted by molar-refractivity contribution is 7.91. The summed E-state index contributed by atoms with van der Waals surface area (Å²) in [5, 5.41) is 42.7. The number of nitrogens with one attached hydrogen (secondary N) is 2. The second-order valence-electron chi connectivity index (χ2n) is 8.53. The molecule has 0 radical (unpaired) electrons. The standard InChI is InChI=1S/C28H20N2O10S/c31-17-5-11-21(27(35)36)23(13-17)25(33)29-15-1-7-19(8-2-15)41(39,40)20-9-3-16(4-10-20)30-26(34)24-14-18(32)6-12-22(24)28(37)38/h1-14,31-32H,(H,29,33)(H,30,34)(H,35,36)(H,37,38). The average Bonchev–Trinajstić information content (AvgIpc) is 2.93. The molecule has 4 aromatic rings. The third kappa shape index (κ3) is 6.15. The van der Waals surface area contributed by atoms with Crippen LogP contribution in [0.3, 0.4) is 0 Å². The van der Waals surface area contributed by atoms with Crippen LogP contribution in [0.15, 0.2) is 94.7 Å². The Bertz CT molecular complexity index is 1670. The molecular weight excluding hydrogens is 556 g/mol. The Morgan fingerprint density at radius 2 is 0.854 bits per heavy atom. The Morgan fingerprint density at radius 1 is 0.512 bits per heavy atom. The van der Waals surface area contributed by atoms with Crippen LogP contribution in [-0.4, -0.2) is 52.6 Å².